The molecule has 0 bridgehead atoms. The predicted octanol–water partition coefficient (Wildman–Crippen LogP) is -0.110. The molecule has 0 spiro atoms. The fraction of sp³-hybridized carbons (Fsp3) is 0.864. The van der Waals surface area contributed by atoms with E-state index in [0.29, 0.717) is 39.0 Å². The zero-order valence-electron chi connectivity index (χ0n) is 20.1. The molecule has 0 unspecified atom stereocenters. The second kappa shape index (κ2) is 20.6. The molecule has 11 N–H and O–H groups in total. The minimum absolute atomic E-state index is 0.0284. The molecule has 0 rings (SSSR count). The van der Waals surface area contributed by atoms with Gasteiger partial charge in [0, 0.05) is 6.54 Å². The molecule has 0 aliphatic carbocycles. The number of amides is 3. The van der Waals surface area contributed by atoms with Crippen molar-refractivity contribution in [3.05, 3.63) is 0 Å². The molecule has 11 nitrogen and oxygen atoms in total. The molecule has 0 aromatic rings. The SMILES string of the molecule is NCCCCCCCN(CC(=O)N[C@H](CCCCN)COC(N)=O)C(=O)[C@@H](N)CCCCN. The van der Waals surface area contributed by atoms with Gasteiger partial charge in [-0.05, 0) is 58.2 Å². The summed E-state index contributed by atoms with van der Waals surface area (Å²) in [4.78, 5) is 38.1. The van der Waals surface area contributed by atoms with Crippen LogP contribution in [0.5, 0.6) is 0 Å². The molecule has 0 fully saturated rings. The molecule has 33 heavy (non-hydrogen) atoms. The number of primary amides is 1. The molecule has 0 aromatic heterocycles. The van der Waals surface area contributed by atoms with Crippen molar-refractivity contribution in [2.45, 2.75) is 82.7 Å². The molecule has 3 amide bonds. The molecule has 0 saturated carbocycles. The topological polar surface area (TPSA) is 206 Å². The minimum atomic E-state index is -0.900. The lowest BCUT2D eigenvalue weighted by Crippen LogP contribution is -2.50. The molecule has 0 aliphatic rings. The summed E-state index contributed by atoms with van der Waals surface area (Å²) >= 11 is 0. The molecule has 2 atom stereocenters. The summed E-state index contributed by atoms with van der Waals surface area (Å²) in [6.45, 7) is 2.08. The fourth-order valence-electron chi connectivity index (χ4n) is 3.47. The van der Waals surface area contributed by atoms with E-state index in [4.69, 9.17) is 33.4 Å². The van der Waals surface area contributed by atoms with Gasteiger partial charge < -0.3 is 43.6 Å². The van der Waals surface area contributed by atoms with Gasteiger partial charge in [-0.25, -0.2) is 4.79 Å². The van der Waals surface area contributed by atoms with Crippen LogP contribution in [0.1, 0.15) is 70.6 Å². The second-order valence-corrected chi connectivity index (χ2v) is 8.39. The van der Waals surface area contributed by atoms with Crippen molar-refractivity contribution in [1.82, 2.24) is 10.2 Å². The van der Waals surface area contributed by atoms with E-state index in [1.807, 2.05) is 0 Å². The number of hydrogen-bond acceptors (Lipinski definition) is 8. The van der Waals surface area contributed by atoms with Crippen LogP contribution in [0.3, 0.4) is 0 Å². The third-order valence-electron chi connectivity index (χ3n) is 5.36. The van der Waals surface area contributed by atoms with Crippen molar-refractivity contribution < 1.29 is 19.1 Å². The Kier molecular flexibility index (Phi) is 19.4. The molecule has 0 aliphatic heterocycles. The molecule has 0 aromatic carbocycles. The maximum Gasteiger partial charge on any atom is 0.404 e. The minimum Gasteiger partial charge on any atom is -0.448 e. The van der Waals surface area contributed by atoms with Gasteiger partial charge in [-0.2, -0.15) is 0 Å². The van der Waals surface area contributed by atoms with E-state index >= 15 is 0 Å². The zero-order valence-corrected chi connectivity index (χ0v) is 20.1. The number of rotatable bonds is 21. The number of unbranched alkanes of at least 4 members (excludes halogenated alkanes) is 6. The van der Waals surface area contributed by atoms with Gasteiger partial charge in [-0.15, -0.1) is 0 Å². The molecular formula is C22H47N7O4. The monoisotopic (exact) mass is 473 g/mol. The first-order valence-electron chi connectivity index (χ1n) is 12.2. The number of carbonyl (C=O) groups is 3. The highest BCUT2D eigenvalue weighted by Crippen LogP contribution is 2.08. The van der Waals surface area contributed by atoms with Gasteiger partial charge in [-0.3, -0.25) is 9.59 Å². The Labute approximate surface area is 198 Å². The van der Waals surface area contributed by atoms with Crippen LogP contribution in [-0.4, -0.2) is 74.2 Å². The van der Waals surface area contributed by atoms with E-state index in [9.17, 15) is 14.4 Å². The molecule has 0 heterocycles. The van der Waals surface area contributed by atoms with Crippen LogP contribution in [0.4, 0.5) is 4.79 Å². The number of nitrogens with zero attached hydrogens (tertiary/aromatic N) is 1. The Morgan fingerprint density at radius 1 is 0.788 bits per heavy atom. The normalized spacial score (nSPS) is 12.7. The highest BCUT2D eigenvalue weighted by Gasteiger charge is 2.24. The van der Waals surface area contributed by atoms with E-state index in [1.165, 1.54) is 4.90 Å². The molecule has 11 heteroatoms. The largest absolute Gasteiger partial charge is 0.448 e. The number of carbonyl (C=O) groups excluding carboxylic acids is 3. The van der Waals surface area contributed by atoms with Crippen LogP contribution in [0.25, 0.3) is 0 Å². The van der Waals surface area contributed by atoms with Crippen molar-refractivity contribution in [3.8, 4) is 0 Å². The summed E-state index contributed by atoms with van der Waals surface area (Å²) in [5, 5.41) is 2.85. The lowest BCUT2D eigenvalue weighted by Gasteiger charge is -2.27. The summed E-state index contributed by atoms with van der Waals surface area (Å²) < 4.78 is 4.87. The van der Waals surface area contributed by atoms with E-state index < -0.39 is 18.2 Å². The summed E-state index contributed by atoms with van der Waals surface area (Å²) in [6, 6.07) is -1.07. The van der Waals surface area contributed by atoms with E-state index in [-0.39, 0.29) is 25.0 Å². The Morgan fingerprint density at radius 3 is 1.94 bits per heavy atom. The lowest BCUT2D eigenvalue weighted by molar-refractivity contribution is -0.137. The summed E-state index contributed by atoms with van der Waals surface area (Å²) in [5.74, 6) is -0.566. The van der Waals surface area contributed by atoms with Gasteiger partial charge in [-0.1, -0.05) is 32.1 Å². The predicted molar refractivity (Wildman–Crippen MR) is 130 cm³/mol. The third kappa shape index (κ3) is 17.2. The van der Waals surface area contributed by atoms with Crippen molar-refractivity contribution in [2.24, 2.45) is 28.7 Å². The Hall–Kier alpha value is -1.95. The Bertz CT molecular complexity index is 537. The van der Waals surface area contributed by atoms with Gasteiger partial charge in [0.05, 0.1) is 18.6 Å². The fourth-order valence-corrected chi connectivity index (χ4v) is 3.47. The summed E-state index contributed by atoms with van der Waals surface area (Å²) in [7, 11) is 0. The maximum atomic E-state index is 12.9. The average Bonchev–Trinajstić information content (AvgIpc) is 2.78. The van der Waals surface area contributed by atoms with Gasteiger partial charge in [0.1, 0.15) is 6.61 Å². The van der Waals surface area contributed by atoms with E-state index in [0.717, 1.165) is 57.8 Å². The third-order valence-corrected chi connectivity index (χ3v) is 5.36. The number of ether oxygens (including phenoxy) is 1. The summed E-state index contributed by atoms with van der Waals surface area (Å²) in [6.07, 6.45) is 8.11. The van der Waals surface area contributed by atoms with Crippen LogP contribution in [0.2, 0.25) is 0 Å². The van der Waals surface area contributed by atoms with Gasteiger partial charge in [0.2, 0.25) is 11.8 Å². The maximum absolute atomic E-state index is 12.9. The molecule has 0 saturated heterocycles. The molecular weight excluding hydrogens is 426 g/mol. The Balaban J connectivity index is 4.93. The highest BCUT2D eigenvalue weighted by molar-refractivity contribution is 5.87. The standard InChI is InChI=1S/C22H47N7O4/c23-12-6-2-1-3-9-15-29(21(31)19(26)11-5-8-14-25)16-20(30)28-18(10-4-7-13-24)17-33-22(27)32/h18-19H,1-17,23-26H2,(H2,27,32)(H,28,30)/t18-,19+/m1/s1. The van der Waals surface area contributed by atoms with Gasteiger partial charge in [0.25, 0.3) is 0 Å². The zero-order chi connectivity index (χ0) is 24.9. The average molecular weight is 474 g/mol. The van der Waals surface area contributed by atoms with Crippen LogP contribution >= 0.6 is 0 Å². The first kappa shape index (κ1) is 31.0. The number of hydrogen-bond donors (Lipinski definition) is 6. The number of nitrogens with two attached hydrogens (primary N) is 5. The highest BCUT2D eigenvalue weighted by atomic mass is 16.5. The van der Waals surface area contributed by atoms with E-state index in [1.54, 1.807) is 0 Å². The van der Waals surface area contributed by atoms with E-state index in [2.05, 4.69) is 5.32 Å². The van der Waals surface area contributed by atoms with Crippen LogP contribution in [0.15, 0.2) is 0 Å². The van der Waals surface area contributed by atoms with Crippen LogP contribution < -0.4 is 34.0 Å². The Morgan fingerprint density at radius 2 is 1.33 bits per heavy atom. The molecule has 194 valence electrons. The smallest absolute Gasteiger partial charge is 0.404 e. The number of nitrogens with one attached hydrogen (secondary N) is 1. The van der Waals surface area contributed by atoms with Crippen molar-refractivity contribution in [1.29, 1.82) is 0 Å². The summed E-state index contributed by atoms with van der Waals surface area (Å²) in [5.41, 5.74) is 27.7. The van der Waals surface area contributed by atoms with Crippen LogP contribution in [0, 0.1) is 0 Å². The molecule has 0 radical (unpaired) electrons. The van der Waals surface area contributed by atoms with Crippen molar-refractivity contribution >= 4 is 17.9 Å². The first-order chi connectivity index (χ1) is 15.8. The van der Waals surface area contributed by atoms with Gasteiger partial charge >= 0.3 is 6.09 Å². The van der Waals surface area contributed by atoms with Crippen LogP contribution in [-0.2, 0) is 14.3 Å². The van der Waals surface area contributed by atoms with Crippen molar-refractivity contribution in [2.75, 3.05) is 39.3 Å². The lowest BCUT2D eigenvalue weighted by atomic mass is 10.1. The second-order valence-electron chi connectivity index (χ2n) is 8.39. The quantitative estimate of drug-likeness (QED) is 0.124. The first-order valence-corrected chi connectivity index (χ1v) is 12.2. The van der Waals surface area contributed by atoms with Gasteiger partial charge in [0.15, 0.2) is 0 Å². The van der Waals surface area contributed by atoms with Crippen molar-refractivity contribution in [3.63, 3.8) is 0 Å².